The van der Waals surface area contributed by atoms with E-state index in [4.69, 9.17) is 10.6 Å². The molecule has 1 heterocycles. The first kappa shape index (κ1) is 13.1. The predicted molar refractivity (Wildman–Crippen MR) is 79.4 cm³/mol. The summed E-state index contributed by atoms with van der Waals surface area (Å²) in [7, 11) is 0. The molecule has 0 aliphatic heterocycles. The number of nitrogens with two attached hydrogens (primary N) is 1. The first-order valence-corrected chi connectivity index (χ1v) is 7.23. The SMILES string of the molecule is NNc1nc(OCC2CCCCC2)c2ccccc2n1. The lowest BCUT2D eigenvalue weighted by molar-refractivity contribution is 0.205. The van der Waals surface area contributed by atoms with Gasteiger partial charge < -0.3 is 4.74 Å². The predicted octanol–water partition coefficient (Wildman–Crippen LogP) is 2.87. The Labute approximate surface area is 118 Å². The highest BCUT2D eigenvalue weighted by atomic mass is 16.5. The van der Waals surface area contributed by atoms with Crippen molar-refractivity contribution in [2.45, 2.75) is 32.1 Å². The van der Waals surface area contributed by atoms with E-state index in [0.29, 0.717) is 17.7 Å². The summed E-state index contributed by atoms with van der Waals surface area (Å²) in [5.74, 6) is 7.07. The lowest BCUT2D eigenvalue weighted by Gasteiger charge is -2.21. The zero-order valence-corrected chi connectivity index (χ0v) is 11.5. The highest BCUT2D eigenvalue weighted by Gasteiger charge is 2.15. The molecule has 1 aromatic carbocycles. The fourth-order valence-electron chi connectivity index (χ4n) is 2.77. The Hall–Kier alpha value is -1.88. The van der Waals surface area contributed by atoms with Crippen LogP contribution in [0.25, 0.3) is 10.9 Å². The van der Waals surface area contributed by atoms with Crippen LogP contribution in [0.3, 0.4) is 0 Å². The van der Waals surface area contributed by atoms with Gasteiger partial charge in [0.1, 0.15) is 0 Å². The van der Waals surface area contributed by atoms with Crippen LogP contribution < -0.4 is 16.0 Å². The topological polar surface area (TPSA) is 73.1 Å². The summed E-state index contributed by atoms with van der Waals surface area (Å²) < 4.78 is 5.95. The molecule has 3 rings (SSSR count). The monoisotopic (exact) mass is 272 g/mol. The summed E-state index contributed by atoms with van der Waals surface area (Å²) >= 11 is 0. The number of aromatic nitrogens is 2. The summed E-state index contributed by atoms with van der Waals surface area (Å²) in [5, 5.41) is 0.933. The maximum absolute atomic E-state index is 5.95. The van der Waals surface area contributed by atoms with E-state index in [1.54, 1.807) is 0 Å². The van der Waals surface area contributed by atoms with Crippen LogP contribution in [-0.4, -0.2) is 16.6 Å². The molecule has 20 heavy (non-hydrogen) atoms. The van der Waals surface area contributed by atoms with Crippen LogP contribution in [0.2, 0.25) is 0 Å². The number of hydrogen-bond acceptors (Lipinski definition) is 5. The van der Waals surface area contributed by atoms with E-state index in [0.717, 1.165) is 17.5 Å². The molecule has 1 aliphatic rings. The molecule has 0 saturated heterocycles. The molecule has 1 fully saturated rings. The van der Waals surface area contributed by atoms with Gasteiger partial charge in [0, 0.05) is 0 Å². The van der Waals surface area contributed by atoms with Gasteiger partial charge in [-0.3, -0.25) is 5.43 Å². The molecule has 2 aromatic rings. The first-order valence-electron chi connectivity index (χ1n) is 7.23. The number of anilines is 1. The van der Waals surface area contributed by atoms with Crippen LogP contribution in [0.15, 0.2) is 24.3 Å². The van der Waals surface area contributed by atoms with E-state index < -0.39 is 0 Å². The third-order valence-corrected chi connectivity index (χ3v) is 3.88. The maximum atomic E-state index is 5.95. The summed E-state index contributed by atoms with van der Waals surface area (Å²) in [6.45, 7) is 0.727. The highest BCUT2D eigenvalue weighted by molar-refractivity contribution is 5.84. The van der Waals surface area contributed by atoms with Gasteiger partial charge in [-0.2, -0.15) is 4.98 Å². The van der Waals surface area contributed by atoms with E-state index in [-0.39, 0.29) is 0 Å². The number of benzene rings is 1. The van der Waals surface area contributed by atoms with Crippen LogP contribution in [0, 0.1) is 5.92 Å². The lowest BCUT2D eigenvalue weighted by atomic mass is 9.90. The van der Waals surface area contributed by atoms with Crippen LogP contribution in [0.4, 0.5) is 5.95 Å². The molecule has 0 radical (unpaired) electrons. The number of nitrogens with zero attached hydrogens (tertiary/aromatic N) is 2. The number of hydrogen-bond donors (Lipinski definition) is 2. The first-order chi connectivity index (χ1) is 9.86. The van der Waals surface area contributed by atoms with E-state index in [1.165, 1.54) is 32.1 Å². The van der Waals surface area contributed by atoms with Crippen molar-refractivity contribution in [3.05, 3.63) is 24.3 Å². The van der Waals surface area contributed by atoms with Crippen molar-refractivity contribution in [1.82, 2.24) is 9.97 Å². The molecule has 0 unspecified atom stereocenters. The molecule has 3 N–H and O–H groups in total. The molecule has 0 atom stereocenters. The minimum Gasteiger partial charge on any atom is -0.477 e. The fourth-order valence-corrected chi connectivity index (χ4v) is 2.77. The number of rotatable bonds is 4. The van der Waals surface area contributed by atoms with Gasteiger partial charge in [0.05, 0.1) is 17.5 Å². The number of hydrazine groups is 1. The summed E-state index contributed by atoms with van der Waals surface area (Å²) in [6.07, 6.45) is 6.49. The standard InChI is InChI=1S/C15H20N4O/c16-19-15-17-13-9-5-4-8-12(13)14(18-15)20-10-11-6-2-1-3-7-11/h4-5,8-9,11H,1-3,6-7,10,16H2,(H,17,18,19). The van der Waals surface area contributed by atoms with E-state index in [2.05, 4.69) is 15.4 Å². The molecular weight excluding hydrogens is 252 g/mol. The van der Waals surface area contributed by atoms with Gasteiger partial charge in [-0.25, -0.2) is 10.8 Å². The summed E-state index contributed by atoms with van der Waals surface area (Å²) in [5.41, 5.74) is 3.34. The zero-order chi connectivity index (χ0) is 13.8. The highest BCUT2D eigenvalue weighted by Crippen LogP contribution is 2.27. The molecule has 5 heteroatoms. The van der Waals surface area contributed by atoms with Gasteiger partial charge in [-0.1, -0.05) is 31.4 Å². The molecular formula is C15H20N4O. The van der Waals surface area contributed by atoms with Crippen LogP contribution in [0.5, 0.6) is 5.88 Å². The van der Waals surface area contributed by atoms with E-state index in [1.807, 2.05) is 24.3 Å². The molecule has 0 amide bonds. The van der Waals surface area contributed by atoms with Crippen LogP contribution in [-0.2, 0) is 0 Å². The molecule has 0 bridgehead atoms. The van der Waals surface area contributed by atoms with Crippen LogP contribution in [0.1, 0.15) is 32.1 Å². The van der Waals surface area contributed by atoms with E-state index >= 15 is 0 Å². The number of fused-ring (bicyclic) bond motifs is 1. The minimum atomic E-state index is 0.391. The van der Waals surface area contributed by atoms with Crippen molar-refractivity contribution in [3.63, 3.8) is 0 Å². The van der Waals surface area contributed by atoms with Gasteiger partial charge >= 0.3 is 0 Å². The third-order valence-electron chi connectivity index (χ3n) is 3.88. The number of nitrogen functional groups attached to an aromatic ring is 1. The van der Waals surface area contributed by atoms with Crippen molar-refractivity contribution in [2.24, 2.45) is 11.8 Å². The molecule has 106 valence electrons. The molecule has 1 aliphatic carbocycles. The average molecular weight is 272 g/mol. The minimum absolute atomic E-state index is 0.391. The van der Waals surface area contributed by atoms with Gasteiger partial charge in [-0.05, 0) is 30.9 Å². The Morgan fingerprint density at radius 2 is 1.95 bits per heavy atom. The smallest absolute Gasteiger partial charge is 0.241 e. The Morgan fingerprint density at radius 3 is 2.75 bits per heavy atom. The van der Waals surface area contributed by atoms with Crippen LogP contribution >= 0.6 is 0 Å². The van der Waals surface area contributed by atoms with Crippen molar-refractivity contribution in [2.75, 3.05) is 12.0 Å². The summed E-state index contributed by atoms with van der Waals surface area (Å²) in [6, 6.07) is 7.83. The molecule has 5 nitrogen and oxygen atoms in total. The van der Waals surface area contributed by atoms with Crippen molar-refractivity contribution in [3.8, 4) is 5.88 Å². The fraction of sp³-hybridized carbons (Fsp3) is 0.467. The summed E-state index contributed by atoms with van der Waals surface area (Å²) in [4.78, 5) is 8.66. The van der Waals surface area contributed by atoms with Gasteiger partial charge in [-0.15, -0.1) is 0 Å². The number of nitrogens with one attached hydrogen (secondary N) is 1. The van der Waals surface area contributed by atoms with Gasteiger partial charge in [0.25, 0.3) is 0 Å². The Morgan fingerprint density at radius 1 is 1.15 bits per heavy atom. The zero-order valence-electron chi connectivity index (χ0n) is 11.5. The Kier molecular flexibility index (Phi) is 3.97. The molecule has 1 saturated carbocycles. The second-order valence-electron chi connectivity index (χ2n) is 5.33. The molecule has 0 spiro atoms. The van der Waals surface area contributed by atoms with Gasteiger partial charge in [0.15, 0.2) is 0 Å². The van der Waals surface area contributed by atoms with Crippen molar-refractivity contribution < 1.29 is 4.74 Å². The van der Waals surface area contributed by atoms with Crippen molar-refractivity contribution in [1.29, 1.82) is 0 Å². The third kappa shape index (κ3) is 2.82. The number of para-hydroxylation sites is 1. The van der Waals surface area contributed by atoms with Gasteiger partial charge in [0.2, 0.25) is 11.8 Å². The van der Waals surface area contributed by atoms with E-state index in [9.17, 15) is 0 Å². The number of ether oxygens (including phenoxy) is 1. The van der Waals surface area contributed by atoms with Crippen molar-refractivity contribution >= 4 is 16.9 Å². The maximum Gasteiger partial charge on any atom is 0.241 e. The lowest BCUT2D eigenvalue weighted by Crippen LogP contribution is -2.17. The average Bonchev–Trinajstić information content (AvgIpc) is 2.53. The second-order valence-corrected chi connectivity index (χ2v) is 5.33. The quantitative estimate of drug-likeness (QED) is 0.661. The largest absolute Gasteiger partial charge is 0.477 e. The Bertz CT molecular complexity index is 581. The second kappa shape index (κ2) is 6.05. The Balaban J connectivity index is 1.81. The normalized spacial score (nSPS) is 16.2. The molecule has 1 aromatic heterocycles.